The molecule has 1 fully saturated rings. The van der Waals surface area contributed by atoms with Crippen LogP contribution < -0.4 is 0 Å². The molecular weight excluding hydrogens is 274 g/mol. The van der Waals surface area contributed by atoms with Crippen molar-refractivity contribution in [1.82, 2.24) is 4.90 Å². The first-order valence-corrected chi connectivity index (χ1v) is 7.52. The highest BCUT2D eigenvalue weighted by Crippen LogP contribution is 2.30. The van der Waals surface area contributed by atoms with Gasteiger partial charge in [0.05, 0.1) is 25.2 Å². The SMILES string of the molecule is COCCN(C(=O)C1CCC(C(=O)O)CC1)C(C)COC. The fraction of sp³-hybridized carbons (Fsp3) is 0.867. The van der Waals surface area contributed by atoms with Crippen molar-refractivity contribution >= 4 is 11.9 Å². The van der Waals surface area contributed by atoms with Crippen molar-refractivity contribution in [3.8, 4) is 0 Å². The molecule has 1 amide bonds. The van der Waals surface area contributed by atoms with Crippen LogP contribution in [0.5, 0.6) is 0 Å². The van der Waals surface area contributed by atoms with E-state index in [-0.39, 0.29) is 23.8 Å². The van der Waals surface area contributed by atoms with Gasteiger partial charge in [-0.05, 0) is 32.6 Å². The molecule has 0 saturated heterocycles. The highest BCUT2D eigenvalue weighted by atomic mass is 16.5. The summed E-state index contributed by atoms with van der Waals surface area (Å²) in [6.07, 6.45) is 2.48. The second kappa shape index (κ2) is 9.00. The normalized spacial score (nSPS) is 23.6. The van der Waals surface area contributed by atoms with Crippen molar-refractivity contribution in [2.45, 2.75) is 38.6 Å². The van der Waals surface area contributed by atoms with E-state index < -0.39 is 5.97 Å². The molecule has 1 aliphatic rings. The summed E-state index contributed by atoms with van der Waals surface area (Å²) >= 11 is 0. The minimum Gasteiger partial charge on any atom is -0.481 e. The molecule has 0 aromatic carbocycles. The van der Waals surface area contributed by atoms with E-state index in [1.165, 1.54) is 0 Å². The highest BCUT2D eigenvalue weighted by Gasteiger charge is 2.33. The second-order valence-corrected chi connectivity index (χ2v) is 5.72. The minimum atomic E-state index is -0.745. The molecule has 1 atom stereocenters. The van der Waals surface area contributed by atoms with Gasteiger partial charge in [0.25, 0.3) is 0 Å². The molecular formula is C15H27NO5. The molecule has 0 spiro atoms. The number of nitrogens with zero attached hydrogens (tertiary/aromatic N) is 1. The van der Waals surface area contributed by atoms with Gasteiger partial charge in [-0.2, -0.15) is 0 Å². The van der Waals surface area contributed by atoms with E-state index in [4.69, 9.17) is 14.6 Å². The first kappa shape index (κ1) is 17.9. The van der Waals surface area contributed by atoms with Crippen LogP contribution >= 0.6 is 0 Å². The standard InChI is InChI=1S/C15H27NO5/c1-11(10-21-3)16(8-9-20-2)14(17)12-4-6-13(7-5-12)15(18)19/h11-13H,4-10H2,1-3H3,(H,18,19). The van der Waals surface area contributed by atoms with E-state index in [2.05, 4.69) is 0 Å². The Morgan fingerprint density at radius 3 is 2.19 bits per heavy atom. The smallest absolute Gasteiger partial charge is 0.306 e. The van der Waals surface area contributed by atoms with Crippen LogP contribution in [0.25, 0.3) is 0 Å². The number of amides is 1. The quantitative estimate of drug-likeness (QED) is 0.733. The van der Waals surface area contributed by atoms with E-state index in [9.17, 15) is 9.59 Å². The van der Waals surface area contributed by atoms with Crippen LogP contribution in [0.4, 0.5) is 0 Å². The number of ether oxygens (including phenoxy) is 2. The molecule has 1 unspecified atom stereocenters. The van der Waals surface area contributed by atoms with E-state index in [0.29, 0.717) is 45.4 Å². The predicted molar refractivity (Wildman–Crippen MR) is 78.0 cm³/mol. The highest BCUT2D eigenvalue weighted by molar-refractivity contribution is 5.79. The molecule has 1 saturated carbocycles. The second-order valence-electron chi connectivity index (χ2n) is 5.72. The topological polar surface area (TPSA) is 76.1 Å². The fourth-order valence-corrected chi connectivity index (χ4v) is 2.89. The fourth-order valence-electron chi connectivity index (χ4n) is 2.89. The first-order chi connectivity index (χ1) is 10.0. The maximum absolute atomic E-state index is 12.7. The van der Waals surface area contributed by atoms with Gasteiger partial charge in [-0.3, -0.25) is 9.59 Å². The van der Waals surface area contributed by atoms with Gasteiger partial charge >= 0.3 is 5.97 Å². The van der Waals surface area contributed by atoms with Crippen LogP contribution in [0.3, 0.4) is 0 Å². The maximum Gasteiger partial charge on any atom is 0.306 e. The lowest BCUT2D eigenvalue weighted by molar-refractivity contribution is -0.147. The van der Waals surface area contributed by atoms with Gasteiger partial charge in [-0.1, -0.05) is 0 Å². The Kier molecular flexibility index (Phi) is 7.67. The minimum absolute atomic E-state index is 0.00477. The average molecular weight is 301 g/mol. The van der Waals surface area contributed by atoms with Crippen molar-refractivity contribution in [2.75, 3.05) is 34.0 Å². The predicted octanol–water partition coefficient (Wildman–Crippen LogP) is 1.39. The molecule has 21 heavy (non-hydrogen) atoms. The van der Waals surface area contributed by atoms with Gasteiger partial charge in [-0.15, -0.1) is 0 Å². The lowest BCUT2D eigenvalue weighted by Crippen LogP contribution is -2.46. The van der Waals surface area contributed by atoms with Crippen LogP contribution in [0.2, 0.25) is 0 Å². The first-order valence-electron chi connectivity index (χ1n) is 7.52. The Labute approximate surface area is 126 Å². The number of carboxylic acids is 1. The Morgan fingerprint density at radius 1 is 1.14 bits per heavy atom. The summed E-state index contributed by atoms with van der Waals surface area (Å²) in [5.41, 5.74) is 0. The molecule has 0 aliphatic heterocycles. The van der Waals surface area contributed by atoms with Gasteiger partial charge in [0, 0.05) is 26.7 Å². The summed E-state index contributed by atoms with van der Waals surface area (Å²) in [6.45, 7) is 3.48. The van der Waals surface area contributed by atoms with E-state index in [1.807, 2.05) is 6.92 Å². The molecule has 122 valence electrons. The van der Waals surface area contributed by atoms with Crippen LogP contribution in [0.1, 0.15) is 32.6 Å². The third-order valence-corrected chi connectivity index (χ3v) is 4.18. The Morgan fingerprint density at radius 2 is 1.71 bits per heavy atom. The third-order valence-electron chi connectivity index (χ3n) is 4.18. The Balaban J connectivity index is 2.61. The van der Waals surface area contributed by atoms with E-state index >= 15 is 0 Å². The summed E-state index contributed by atoms with van der Waals surface area (Å²) in [5.74, 6) is -1.01. The Bertz CT molecular complexity index is 339. The Hall–Kier alpha value is -1.14. The third kappa shape index (κ3) is 5.28. The number of methoxy groups -OCH3 is 2. The average Bonchev–Trinajstić information content (AvgIpc) is 2.47. The molecule has 1 N–H and O–H groups in total. The molecule has 6 heteroatoms. The zero-order chi connectivity index (χ0) is 15.8. The van der Waals surface area contributed by atoms with Crippen LogP contribution in [-0.2, 0) is 19.1 Å². The molecule has 0 bridgehead atoms. The maximum atomic E-state index is 12.7. The molecule has 0 aromatic heterocycles. The lowest BCUT2D eigenvalue weighted by atomic mass is 9.81. The summed E-state index contributed by atoms with van der Waals surface area (Å²) < 4.78 is 10.2. The number of carbonyl (C=O) groups excluding carboxylic acids is 1. The number of hydrogen-bond acceptors (Lipinski definition) is 4. The van der Waals surface area contributed by atoms with Crippen molar-refractivity contribution in [2.24, 2.45) is 11.8 Å². The summed E-state index contributed by atoms with van der Waals surface area (Å²) in [7, 11) is 3.23. The van der Waals surface area contributed by atoms with Crippen LogP contribution in [0.15, 0.2) is 0 Å². The van der Waals surface area contributed by atoms with Gasteiger partial charge in [0.15, 0.2) is 0 Å². The van der Waals surface area contributed by atoms with E-state index in [0.717, 1.165) is 0 Å². The van der Waals surface area contributed by atoms with Crippen molar-refractivity contribution < 1.29 is 24.2 Å². The number of carbonyl (C=O) groups is 2. The largest absolute Gasteiger partial charge is 0.481 e. The van der Waals surface area contributed by atoms with Gasteiger partial charge in [0.1, 0.15) is 0 Å². The molecule has 0 radical (unpaired) electrons. The van der Waals surface area contributed by atoms with Crippen molar-refractivity contribution in [1.29, 1.82) is 0 Å². The summed E-state index contributed by atoms with van der Waals surface area (Å²) in [4.78, 5) is 25.4. The van der Waals surface area contributed by atoms with Gasteiger partial charge < -0.3 is 19.5 Å². The van der Waals surface area contributed by atoms with Crippen LogP contribution in [0, 0.1) is 11.8 Å². The van der Waals surface area contributed by atoms with Gasteiger partial charge in [0.2, 0.25) is 5.91 Å². The molecule has 0 heterocycles. The number of rotatable bonds is 8. The molecule has 1 aliphatic carbocycles. The van der Waals surface area contributed by atoms with Gasteiger partial charge in [-0.25, -0.2) is 0 Å². The summed E-state index contributed by atoms with van der Waals surface area (Å²) in [5, 5.41) is 9.02. The zero-order valence-corrected chi connectivity index (χ0v) is 13.2. The molecule has 0 aromatic rings. The number of carboxylic acid groups (broad SMARTS) is 1. The lowest BCUT2D eigenvalue weighted by Gasteiger charge is -2.34. The summed E-state index contributed by atoms with van der Waals surface area (Å²) in [6, 6.07) is -0.00477. The number of aliphatic carboxylic acids is 1. The zero-order valence-electron chi connectivity index (χ0n) is 13.2. The van der Waals surface area contributed by atoms with Crippen molar-refractivity contribution in [3.63, 3.8) is 0 Å². The van der Waals surface area contributed by atoms with E-state index in [1.54, 1.807) is 19.1 Å². The molecule has 1 rings (SSSR count). The number of hydrogen-bond donors (Lipinski definition) is 1. The monoisotopic (exact) mass is 301 g/mol. The van der Waals surface area contributed by atoms with Crippen molar-refractivity contribution in [3.05, 3.63) is 0 Å². The van der Waals surface area contributed by atoms with Crippen LogP contribution in [-0.4, -0.2) is 61.9 Å². The molecule has 6 nitrogen and oxygen atoms in total.